The van der Waals surface area contributed by atoms with Gasteiger partial charge >= 0.3 is 5.69 Å². The van der Waals surface area contributed by atoms with Crippen LogP contribution < -0.4 is 9.47 Å². The van der Waals surface area contributed by atoms with Crippen molar-refractivity contribution in [2.45, 2.75) is 6.42 Å². The van der Waals surface area contributed by atoms with Crippen LogP contribution in [-0.2, 0) is 6.42 Å². The number of halogens is 1. The zero-order chi connectivity index (χ0) is 15.2. The van der Waals surface area contributed by atoms with Gasteiger partial charge in [-0.2, -0.15) is 0 Å². The maximum absolute atomic E-state index is 10.9. The van der Waals surface area contributed by atoms with Crippen LogP contribution in [-0.4, -0.2) is 18.6 Å². The first-order valence-electron chi connectivity index (χ1n) is 6.30. The summed E-state index contributed by atoms with van der Waals surface area (Å²) in [6, 6.07) is 11.8. The second-order valence-electron chi connectivity index (χ2n) is 4.32. The summed E-state index contributed by atoms with van der Waals surface area (Å²) in [6.07, 6.45) is 0.633. The minimum atomic E-state index is -0.487. The van der Waals surface area contributed by atoms with Gasteiger partial charge in [-0.25, -0.2) is 0 Å². The van der Waals surface area contributed by atoms with Crippen LogP contribution in [0.2, 0.25) is 5.02 Å². The smallest absolute Gasteiger partial charge is 0.311 e. The summed E-state index contributed by atoms with van der Waals surface area (Å²) in [5, 5.41) is 11.3. The molecule has 110 valence electrons. The highest BCUT2D eigenvalue weighted by Crippen LogP contribution is 2.30. The summed E-state index contributed by atoms with van der Waals surface area (Å²) in [7, 11) is 1.61. The molecule has 0 aliphatic heterocycles. The van der Waals surface area contributed by atoms with E-state index in [1.165, 1.54) is 18.2 Å². The molecule has 0 atom stereocenters. The van der Waals surface area contributed by atoms with Crippen LogP contribution in [0.3, 0.4) is 0 Å². The predicted octanol–water partition coefficient (Wildman–Crippen LogP) is 3.88. The number of benzene rings is 2. The quantitative estimate of drug-likeness (QED) is 0.600. The highest BCUT2D eigenvalue weighted by atomic mass is 35.5. The molecule has 5 nitrogen and oxygen atoms in total. The van der Waals surface area contributed by atoms with Crippen molar-refractivity contribution in [1.29, 1.82) is 0 Å². The maximum Gasteiger partial charge on any atom is 0.311 e. The third-order valence-corrected chi connectivity index (χ3v) is 3.16. The standard InChI is InChI=1S/C15H14ClNO4/c1-20-13-5-2-11(3-6-13)8-9-21-15-10-12(16)4-7-14(15)17(18)19/h2-7,10H,8-9H2,1H3. The molecular formula is C15H14ClNO4. The van der Waals surface area contributed by atoms with Crippen LogP contribution in [0.5, 0.6) is 11.5 Å². The normalized spacial score (nSPS) is 10.2. The number of rotatable bonds is 6. The highest BCUT2D eigenvalue weighted by Gasteiger charge is 2.15. The summed E-state index contributed by atoms with van der Waals surface area (Å²) in [6.45, 7) is 0.327. The van der Waals surface area contributed by atoms with Gasteiger partial charge in [0.25, 0.3) is 0 Å². The molecule has 0 radical (unpaired) electrons. The molecule has 0 unspecified atom stereocenters. The van der Waals surface area contributed by atoms with Crippen molar-refractivity contribution < 1.29 is 14.4 Å². The topological polar surface area (TPSA) is 61.6 Å². The number of hydrogen-bond acceptors (Lipinski definition) is 4. The molecule has 0 spiro atoms. The van der Waals surface area contributed by atoms with Gasteiger partial charge in [-0.15, -0.1) is 0 Å². The van der Waals surface area contributed by atoms with E-state index in [9.17, 15) is 10.1 Å². The Morgan fingerprint density at radius 3 is 2.52 bits per heavy atom. The van der Waals surface area contributed by atoms with Crippen molar-refractivity contribution >= 4 is 17.3 Å². The second-order valence-corrected chi connectivity index (χ2v) is 4.75. The molecule has 0 saturated heterocycles. The van der Waals surface area contributed by atoms with Crippen molar-refractivity contribution in [3.8, 4) is 11.5 Å². The average Bonchev–Trinajstić information content (AvgIpc) is 2.48. The van der Waals surface area contributed by atoms with E-state index in [0.29, 0.717) is 18.1 Å². The van der Waals surface area contributed by atoms with Gasteiger partial charge in [0, 0.05) is 23.6 Å². The van der Waals surface area contributed by atoms with E-state index < -0.39 is 4.92 Å². The van der Waals surface area contributed by atoms with E-state index in [4.69, 9.17) is 21.1 Å². The Labute approximate surface area is 127 Å². The Morgan fingerprint density at radius 1 is 1.19 bits per heavy atom. The van der Waals surface area contributed by atoms with Crippen molar-refractivity contribution in [1.82, 2.24) is 0 Å². The van der Waals surface area contributed by atoms with Crippen LogP contribution in [0.1, 0.15) is 5.56 Å². The fourth-order valence-electron chi connectivity index (χ4n) is 1.83. The summed E-state index contributed by atoms with van der Waals surface area (Å²) in [5.74, 6) is 0.964. The number of nitro groups is 1. The monoisotopic (exact) mass is 307 g/mol. The Hall–Kier alpha value is -2.27. The maximum atomic E-state index is 10.9. The van der Waals surface area contributed by atoms with Crippen LogP contribution in [0.15, 0.2) is 42.5 Å². The molecule has 0 aliphatic rings. The third kappa shape index (κ3) is 4.10. The largest absolute Gasteiger partial charge is 0.497 e. The van der Waals surface area contributed by atoms with E-state index in [2.05, 4.69) is 0 Å². The molecule has 0 N–H and O–H groups in total. The van der Waals surface area contributed by atoms with Gasteiger partial charge in [0.05, 0.1) is 18.6 Å². The van der Waals surface area contributed by atoms with Gasteiger partial charge in [0.15, 0.2) is 5.75 Å². The van der Waals surface area contributed by atoms with Gasteiger partial charge < -0.3 is 9.47 Å². The highest BCUT2D eigenvalue weighted by molar-refractivity contribution is 6.30. The molecule has 6 heteroatoms. The molecule has 2 rings (SSSR count). The number of nitrogens with zero attached hydrogens (tertiary/aromatic N) is 1. The van der Waals surface area contributed by atoms with Crippen molar-refractivity contribution in [3.05, 3.63) is 63.2 Å². The summed E-state index contributed by atoms with van der Waals surface area (Å²) >= 11 is 5.83. The zero-order valence-corrected chi connectivity index (χ0v) is 12.2. The average molecular weight is 308 g/mol. The van der Waals surface area contributed by atoms with Gasteiger partial charge in [-0.3, -0.25) is 10.1 Å². The lowest BCUT2D eigenvalue weighted by Gasteiger charge is -2.08. The van der Waals surface area contributed by atoms with Crippen molar-refractivity contribution in [3.63, 3.8) is 0 Å². The SMILES string of the molecule is COc1ccc(CCOc2cc(Cl)ccc2[N+](=O)[O-])cc1. The van der Waals surface area contributed by atoms with Gasteiger partial charge in [-0.05, 0) is 23.8 Å². The Morgan fingerprint density at radius 2 is 1.90 bits per heavy atom. The lowest BCUT2D eigenvalue weighted by molar-refractivity contribution is -0.385. The first-order valence-corrected chi connectivity index (χ1v) is 6.67. The predicted molar refractivity (Wildman–Crippen MR) is 80.3 cm³/mol. The molecule has 0 aromatic heterocycles. The molecule has 0 aliphatic carbocycles. The molecule has 2 aromatic rings. The van der Waals surface area contributed by atoms with Crippen molar-refractivity contribution in [2.75, 3.05) is 13.7 Å². The summed E-state index contributed by atoms with van der Waals surface area (Å²) < 4.78 is 10.6. The summed E-state index contributed by atoms with van der Waals surface area (Å²) in [5.41, 5.74) is 0.967. The third-order valence-electron chi connectivity index (χ3n) is 2.93. The summed E-state index contributed by atoms with van der Waals surface area (Å²) in [4.78, 5) is 10.4. The Kier molecular flexibility index (Phi) is 5.00. The van der Waals surface area contributed by atoms with E-state index in [-0.39, 0.29) is 11.4 Å². The molecule has 21 heavy (non-hydrogen) atoms. The van der Waals surface area contributed by atoms with Crippen LogP contribution in [0, 0.1) is 10.1 Å². The molecule has 2 aromatic carbocycles. The lowest BCUT2D eigenvalue weighted by atomic mass is 10.1. The van der Waals surface area contributed by atoms with Crippen LogP contribution in [0.4, 0.5) is 5.69 Å². The van der Waals surface area contributed by atoms with Gasteiger partial charge in [0.2, 0.25) is 0 Å². The van der Waals surface area contributed by atoms with Gasteiger partial charge in [-0.1, -0.05) is 23.7 Å². The molecular weight excluding hydrogens is 294 g/mol. The molecule has 0 amide bonds. The molecule has 0 fully saturated rings. The lowest BCUT2D eigenvalue weighted by Crippen LogP contribution is -2.03. The van der Waals surface area contributed by atoms with E-state index in [1.807, 2.05) is 24.3 Å². The first kappa shape index (κ1) is 15.1. The molecule has 0 heterocycles. The minimum absolute atomic E-state index is 0.0888. The number of nitro benzene ring substituents is 1. The number of methoxy groups -OCH3 is 1. The zero-order valence-electron chi connectivity index (χ0n) is 11.4. The number of ether oxygens (including phenoxy) is 2. The fourth-order valence-corrected chi connectivity index (χ4v) is 1.99. The second kappa shape index (κ2) is 6.95. The number of hydrogen-bond donors (Lipinski definition) is 0. The van der Waals surface area contributed by atoms with Gasteiger partial charge in [0.1, 0.15) is 5.75 Å². The Balaban J connectivity index is 1.99. The van der Waals surface area contributed by atoms with E-state index in [1.54, 1.807) is 7.11 Å². The molecule has 0 saturated carbocycles. The van der Waals surface area contributed by atoms with Crippen LogP contribution >= 0.6 is 11.6 Å². The van der Waals surface area contributed by atoms with E-state index >= 15 is 0 Å². The molecule has 0 bridgehead atoms. The Bertz CT molecular complexity index is 628. The fraction of sp³-hybridized carbons (Fsp3) is 0.200. The van der Waals surface area contributed by atoms with Crippen LogP contribution in [0.25, 0.3) is 0 Å². The first-order chi connectivity index (χ1) is 10.1. The van der Waals surface area contributed by atoms with E-state index in [0.717, 1.165) is 11.3 Å². The van der Waals surface area contributed by atoms with Crippen molar-refractivity contribution in [2.24, 2.45) is 0 Å². The minimum Gasteiger partial charge on any atom is -0.497 e.